The van der Waals surface area contributed by atoms with Crippen LogP contribution in [-0.2, 0) is 6.18 Å². The number of hydrogen-bond donors (Lipinski definition) is 1. The molecule has 1 heterocycles. The van der Waals surface area contributed by atoms with E-state index in [9.17, 15) is 18.0 Å². The number of likely N-dealkylation sites (tertiary alicyclic amines) is 1. The van der Waals surface area contributed by atoms with Crippen LogP contribution < -0.4 is 5.73 Å². The van der Waals surface area contributed by atoms with Crippen LogP contribution in [0, 0.1) is 5.41 Å². The fraction of sp³-hybridized carbons (Fsp3) is 0.500. The molecule has 21 heavy (non-hydrogen) atoms. The lowest BCUT2D eigenvalue weighted by Gasteiger charge is -2.22. The second-order valence-electron chi connectivity index (χ2n) is 5.57. The van der Waals surface area contributed by atoms with Crippen molar-refractivity contribution in [1.29, 1.82) is 0 Å². The standard InChI is InChI=1S/C14H17F3N2O.ClH/c1-13(8-18)5-6-19(9-13)12(20)10-3-2-4-11(7-10)14(15,16)17;/h2-4,7H,5-6,8-9,18H2,1H3;1H. The molecular formula is C14H18ClF3N2O. The maximum Gasteiger partial charge on any atom is 0.416 e. The predicted octanol–water partition coefficient (Wildman–Crippen LogP) is 2.94. The average molecular weight is 323 g/mol. The quantitative estimate of drug-likeness (QED) is 0.910. The minimum atomic E-state index is -4.44. The van der Waals surface area contributed by atoms with Gasteiger partial charge in [-0.15, -0.1) is 12.4 Å². The minimum absolute atomic E-state index is 0. The SMILES string of the molecule is CC1(CN)CCN(C(=O)c2cccc(C(F)(F)F)c2)C1.Cl. The molecule has 1 aromatic carbocycles. The Bertz CT molecular complexity index is 521. The van der Waals surface area contributed by atoms with Crippen molar-refractivity contribution >= 4 is 18.3 Å². The molecule has 0 radical (unpaired) electrons. The molecule has 1 saturated heterocycles. The van der Waals surface area contributed by atoms with Crippen LogP contribution in [0.5, 0.6) is 0 Å². The molecule has 1 aliphatic rings. The summed E-state index contributed by atoms with van der Waals surface area (Å²) in [5, 5.41) is 0. The first-order chi connectivity index (χ1) is 9.25. The van der Waals surface area contributed by atoms with E-state index in [1.54, 1.807) is 4.90 Å². The number of hydrogen-bond acceptors (Lipinski definition) is 2. The van der Waals surface area contributed by atoms with Crippen molar-refractivity contribution < 1.29 is 18.0 Å². The largest absolute Gasteiger partial charge is 0.416 e. The number of halogens is 4. The Labute approximate surface area is 127 Å². The van der Waals surface area contributed by atoms with Gasteiger partial charge in [0.15, 0.2) is 0 Å². The van der Waals surface area contributed by atoms with Crippen molar-refractivity contribution in [2.45, 2.75) is 19.5 Å². The Morgan fingerprint density at radius 2 is 2.10 bits per heavy atom. The van der Waals surface area contributed by atoms with Gasteiger partial charge in [0, 0.05) is 18.7 Å². The first-order valence-corrected chi connectivity index (χ1v) is 6.42. The summed E-state index contributed by atoms with van der Waals surface area (Å²) in [4.78, 5) is 13.8. The summed E-state index contributed by atoms with van der Waals surface area (Å²) < 4.78 is 37.9. The highest BCUT2D eigenvalue weighted by atomic mass is 35.5. The molecule has 3 nitrogen and oxygen atoms in total. The molecule has 0 bridgehead atoms. The summed E-state index contributed by atoms with van der Waals surface area (Å²) in [6.07, 6.45) is -3.67. The van der Waals surface area contributed by atoms with E-state index in [0.717, 1.165) is 18.6 Å². The average Bonchev–Trinajstić information content (AvgIpc) is 2.80. The number of nitrogens with two attached hydrogens (primary N) is 1. The Kier molecular flexibility index (Phi) is 5.28. The van der Waals surface area contributed by atoms with Gasteiger partial charge in [0.25, 0.3) is 5.91 Å². The molecule has 2 N–H and O–H groups in total. The van der Waals surface area contributed by atoms with Gasteiger partial charge >= 0.3 is 6.18 Å². The van der Waals surface area contributed by atoms with E-state index < -0.39 is 11.7 Å². The molecule has 0 aliphatic carbocycles. The lowest BCUT2D eigenvalue weighted by atomic mass is 9.90. The zero-order valence-corrected chi connectivity index (χ0v) is 12.4. The van der Waals surface area contributed by atoms with E-state index in [0.29, 0.717) is 19.6 Å². The van der Waals surface area contributed by atoms with E-state index >= 15 is 0 Å². The van der Waals surface area contributed by atoms with Crippen molar-refractivity contribution in [2.75, 3.05) is 19.6 Å². The van der Waals surface area contributed by atoms with Crippen molar-refractivity contribution in [3.63, 3.8) is 0 Å². The van der Waals surface area contributed by atoms with Gasteiger partial charge in [0.05, 0.1) is 5.56 Å². The number of alkyl halides is 3. The highest BCUT2D eigenvalue weighted by Crippen LogP contribution is 2.32. The lowest BCUT2D eigenvalue weighted by molar-refractivity contribution is -0.137. The Morgan fingerprint density at radius 3 is 2.62 bits per heavy atom. The molecule has 0 saturated carbocycles. The molecule has 1 aliphatic heterocycles. The summed E-state index contributed by atoms with van der Waals surface area (Å²) in [5.41, 5.74) is 4.79. The Hall–Kier alpha value is -1.27. The van der Waals surface area contributed by atoms with Crippen molar-refractivity contribution in [2.24, 2.45) is 11.1 Å². The third-order valence-corrected chi connectivity index (χ3v) is 3.77. The maximum atomic E-state index is 12.6. The molecule has 1 unspecified atom stereocenters. The highest BCUT2D eigenvalue weighted by molar-refractivity contribution is 5.94. The second kappa shape index (κ2) is 6.23. The van der Waals surface area contributed by atoms with Crippen molar-refractivity contribution in [1.82, 2.24) is 4.90 Å². The van der Waals surface area contributed by atoms with Gasteiger partial charge in [-0.25, -0.2) is 0 Å². The Balaban J connectivity index is 0.00000220. The predicted molar refractivity (Wildman–Crippen MR) is 76.4 cm³/mol. The number of rotatable bonds is 2. The molecule has 118 valence electrons. The lowest BCUT2D eigenvalue weighted by Crippen LogP contribution is -2.34. The van der Waals surface area contributed by atoms with E-state index in [1.165, 1.54) is 12.1 Å². The van der Waals surface area contributed by atoms with Gasteiger partial charge < -0.3 is 10.6 Å². The van der Waals surface area contributed by atoms with Gasteiger partial charge in [-0.3, -0.25) is 4.79 Å². The van der Waals surface area contributed by atoms with Crippen LogP contribution in [-0.4, -0.2) is 30.4 Å². The highest BCUT2D eigenvalue weighted by Gasteiger charge is 2.36. The van der Waals surface area contributed by atoms with Crippen LogP contribution in [0.4, 0.5) is 13.2 Å². The molecule has 1 fully saturated rings. The van der Waals surface area contributed by atoms with E-state index in [1.807, 2.05) is 6.92 Å². The molecule has 1 amide bonds. The third-order valence-electron chi connectivity index (χ3n) is 3.77. The van der Waals surface area contributed by atoms with E-state index in [4.69, 9.17) is 5.73 Å². The zero-order valence-electron chi connectivity index (χ0n) is 11.6. The van der Waals surface area contributed by atoms with Crippen LogP contribution in [0.25, 0.3) is 0 Å². The molecule has 7 heteroatoms. The van der Waals surface area contributed by atoms with Crippen LogP contribution >= 0.6 is 12.4 Å². The molecule has 2 rings (SSSR count). The smallest absolute Gasteiger partial charge is 0.338 e. The summed E-state index contributed by atoms with van der Waals surface area (Å²) in [6.45, 7) is 3.45. The summed E-state index contributed by atoms with van der Waals surface area (Å²) in [6, 6.07) is 4.54. The topological polar surface area (TPSA) is 46.3 Å². The fourth-order valence-electron chi connectivity index (χ4n) is 2.37. The van der Waals surface area contributed by atoms with Crippen LogP contribution in [0.1, 0.15) is 29.3 Å². The number of carbonyl (C=O) groups is 1. The summed E-state index contributed by atoms with van der Waals surface area (Å²) in [5.74, 6) is -0.367. The Morgan fingerprint density at radius 1 is 1.43 bits per heavy atom. The van der Waals surface area contributed by atoms with Crippen molar-refractivity contribution in [3.05, 3.63) is 35.4 Å². The van der Waals surface area contributed by atoms with Crippen LogP contribution in [0.15, 0.2) is 24.3 Å². The maximum absolute atomic E-state index is 12.6. The number of amides is 1. The van der Waals surface area contributed by atoms with E-state index in [2.05, 4.69) is 0 Å². The molecule has 1 aromatic rings. The first kappa shape index (κ1) is 17.8. The van der Waals surface area contributed by atoms with Gasteiger partial charge in [-0.1, -0.05) is 13.0 Å². The molecular weight excluding hydrogens is 305 g/mol. The third kappa shape index (κ3) is 3.89. The van der Waals surface area contributed by atoms with E-state index in [-0.39, 0.29) is 29.3 Å². The minimum Gasteiger partial charge on any atom is -0.338 e. The fourth-order valence-corrected chi connectivity index (χ4v) is 2.37. The first-order valence-electron chi connectivity index (χ1n) is 6.42. The second-order valence-corrected chi connectivity index (χ2v) is 5.57. The normalized spacial score (nSPS) is 22.0. The van der Waals surface area contributed by atoms with Crippen LogP contribution in [0.2, 0.25) is 0 Å². The monoisotopic (exact) mass is 322 g/mol. The number of carbonyl (C=O) groups excluding carboxylic acids is 1. The van der Waals surface area contributed by atoms with Crippen molar-refractivity contribution in [3.8, 4) is 0 Å². The number of benzene rings is 1. The molecule has 1 atom stereocenters. The molecule has 0 spiro atoms. The van der Waals surface area contributed by atoms with Gasteiger partial charge in [-0.2, -0.15) is 13.2 Å². The van der Waals surface area contributed by atoms with Gasteiger partial charge in [-0.05, 0) is 36.6 Å². The molecule has 0 aromatic heterocycles. The summed E-state index contributed by atoms with van der Waals surface area (Å²) >= 11 is 0. The van der Waals surface area contributed by atoms with Crippen LogP contribution in [0.3, 0.4) is 0 Å². The zero-order chi connectivity index (χ0) is 15.0. The van der Waals surface area contributed by atoms with Gasteiger partial charge in [0.1, 0.15) is 0 Å². The summed E-state index contributed by atoms with van der Waals surface area (Å²) in [7, 11) is 0. The number of nitrogens with zero attached hydrogens (tertiary/aromatic N) is 1. The van der Waals surface area contributed by atoms with Gasteiger partial charge in [0.2, 0.25) is 0 Å².